The van der Waals surface area contributed by atoms with Gasteiger partial charge < -0.3 is 5.11 Å². The molecule has 4 heteroatoms. The van der Waals surface area contributed by atoms with Gasteiger partial charge >= 0.3 is 5.97 Å². The number of thioether (sulfide) groups is 1. The maximum Gasteiger partial charge on any atom is 0.320 e. The molecule has 0 spiro atoms. The topological polar surface area (TPSA) is 40.5 Å². The molecule has 1 N–H and O–H groups in total. The third-order valence-electron chi connectivity index (χ3n) is 2.06. The van der Waals surface area contributed by atoms with Crippen LogP contribution in [0, 0.1) is 0 Å². The standard InChI is InChI=1S/C9H19NO2S/c1-4-8(9(11)12)10(2)6-5-7-13-3/h8H,4-7H2,1-3H3,(H,11,12). The molecule has 1 unspecified atom stereocenters. The van der Waals surface area contributed by atoms with Gasteiger partial charge in [-0.25, -0.2) is 0 Å². The number of carboxylic acids is 1. The molecule has 3 nitrogen and oxygen atoms in total. The fraction of sp³-hybridized carbons (Fsp3) is 0.889. The van der Waals surface area contributed by atoms with Gasteiger partial charge in [0, 0.05) is 0 Å². The van der Waals surface area contributed by atoms with Gasteiger partial charge in [0.25, 0.3) is 0 Å². The fourth-order valence-electron chi connectivity index (χ4n) is 1.29. The summed E-state index contributed by atoms with van der Waals surface area (Å²) in [6.07, 6.45) is 3.79. The second-order valence-electron chi connectivity index (χ2n) is 3.09. The Labute approximate surface area is 84.5 Å². The van der Waals surface area contributed by atoms with Crippen molar-refractivity contribution in [2.24, 2.45) is 0 Å². The molecule has 13 heavy (non-hydrogen) atoms. The number of nitrogens with zero attached hydrogens (tertiary/aromatic N) is 1. The molecule has 0 aromatic carbocycles. The second kappa shape index (κ2) is 7.21. The molecule has 0 rings (SSSR count). The lowest BCUT2D eigenvalue weighted by Gasteiger charge is -2.22. The van der Waals surface area contributed by atoms with Crippen LogP contribution in [0.2, 0.25) is 0 Å². The molecule has 1 atom stereocenters. The highest BCUT2D eigenvalue weighted by Gasteiger charge is 2.19. The van der Waals surface area contributed by atoms with E-state index in [0.717, 1.165) is 18.7 Å². The van der Waals surface area contributed by atoms with Gasteiger partial charge in [0.15, 0.2) is 0 Å². The summed E-state index contributed by atoms with van der Waals surface area (Å²) < 4.78 is 0. The van der Waals surface area contributed by atoms with Crippen LogP contribution in [0.4, 0.5) is 0 Å². The van der Waals surface area contributed by atoms with Crippen LogP contribution in [0.3, 0.4) is 0 Å². The van der Waals surface area contributed by atoms with Gasteiger partial charge in [0.1, 0.15) is 6.04 Å². The first-order chi connectivity index (χ1) is 6.13. The molecule has 0 aromatic rings. The average molecular weight is 205 g/mol. The molecule has 0 radical (unpaired) electrons. The summed E-state index contributed by atoms with van der Waals surface area (Å²) in [6, 6.07) is -0.318. The Morgan fingerprint density at radius 3 is 2.62 bits per heavy atom. The van der Waals surface area contributed by atoms with Crippen molar-refractivity contribution in [2.45, 2.75) is 25.8 Å². The van der Waals surface area contributed by atoms with Crippen molar-refractivity contribution in [1.29, 1.82) is 0 Å². The van der Waals surface area contributed by atoms with Crippen LogP contribution in [0.15, 0.2) is 0 Å². The Bertz CT molecular complexity index is 153. The number of carbonyl (C=O) groups is 1. The Kier molecular flexibility index (Phi) is 7.09. The highest BCUT2D eigenvalue weighted by molar-refractivity contribution is 7.98. The van der Waals surface area contributed by atoms with Crippen LogP contribution in [0.5, 0.6) is 0 Å². The largest absolute Gasteiger partial charge is 0.480 e. The predicted molar refractivity (Wildman–Crippen MR) is 57.3 cm³/mol. The predicted octanol–water partition coefficient (Wildman–Crippen LogP) is 1.53. The van der Waals surface area contributed by atoms with Crippen LogP contribution in [0.1, 0.15) is 19.8 Å². The molecule has 0 saturated carbocycles. The van der Waals surface area contributed by atoms with Gasteiger partial charge in [-0.05, 0) is 38.4 Å². The Morgan fingerprint density at radius 2 is 2.23 bits per heavy atom. The van der Waals surface area contributed by atoms with Crippen LogP contribution >= 0.6 is 11.8 Å². The molecule has 0 saturated heterocycles. The maximum atomic E-state index is 10.8. The molecule has 78 valence electrons. The van der Waals surface area contributed by atoms with Gasteiger partial charge in [-0.1, -0.05) is 6.92 Å². The van der Waals surface area contributed by atoms with Gasteiger partial charge in [-0.15, -0.1) is 0 Å². The lowest BCUT2D eigenvalue weighted by molar-refractivity contribution is -0.142. The first-order valence-electron chi connectivity index (χ1n) is 4.55. The number of hydrogen-bond donors (Lipinski definition) is 1. The van der Waals surface area contributed by atoms with Crippen molar-refractivity contribution >= 4 is 17.7 Å². The minimum atomic E-state index is -0.714. The zero-order valence-electron chi connectivity index (χ0n) is 8.62. The minimum absolute atomic E-state index is 0.318. The molecule has 0 heterocycles. The van der Waals surface area contributed by atoms with Crippen molar-refractivity contribution in [3.05, 3.63) is 0 Å². The van der Waals surface area contributed by atoms with Crippen molar-refractivity contribution in [2.75, 3.05) is 25.6 Å². The highest BCUT2D eigenvalue weighted by atomic mass is 32.2. The van der Waals surface area contributed by atoms with E-state index in [4.69, 9.17) is 5.11 Å². The van der Waals surface area contributed by atoms with E-state index in [1.54, 1.807) is 11.8 Å². The average Bonchev–Trinajstić information content (AvgIpc) is 2.05. The number of rotatable bonds is 7. The monoisotopic (exact) mass is 205 g/mol. The zero-order chi connectivity index (χ0) is 10.3. The molecule has 0 aliphatic carbocycles. The Hall–Kier alpha value is -0.220. The van der Waals surface area contributed by atoms with Crippen molar-refractivity contribution < 1.29 is 9.90 Å². The number of likely N-dealkylation sites (N-methyl/N-ethyl adjacent to an activating group) is 1. The molecule has 0 amide bonds. The summed E-state index contributed by atoms with van der Waals surface area (Å²) in [7, 11) is 1.88. The molecule has 0 bridgehead atoms. The van der Waals surface area contributed by atoms with Crippen LogP contribution in [-0.4, -0.2) is 47.6 Å². The van der Waals surface area contributed by atoms with Crippen LogP contribution in [-0.2, 0) is 4.79 Å². The SMILES string of the molecule is CCC(C(=O)O)N(C)CCCSC. The smallest absolute Gasteiger partial charge is 0.320 e. The summed E-state index contributed by atoms with van der Waals surface area (Å²) in [4.78, 5) is 12.7. The van der Waals surface area contributed by atoms with E-state index >= 15 is 0 Å². The van der Waals surface area contributed by atoms with E-state index in [-0.39, 0.29) is 6.04 Å². The lowest BCUT2D eigenvalue weighted by atomic mass is 10.2. The molecular formula is C9H19NO2S. The summed E-state index contributed by atoms with van der Waals surface area (Å²) >= 11 is 1.80. The van der Waals surface area contributed by atoms with E-state index < -0.39 is 5.97 Å². The number of carboxylic acid groups (broad SMARTS) is 1. The highest BCUT2D eigenvalue weighted by Crippen LogP contribution is 2.04. The number of aliphatic carboxylic acids is 1. The van der Waals surface area contributed by atoms with Gasteiger partial charge in [0.2, 0.25) is 0 Å². The van der Waals surface area contributed by atoms with Crippen molar-refractivity contribution in [1.82, 2.24) is 4.90 Å². The summed E-state index contributed by atoms with van der Waals surface area (Å²) in [6.45, 7) is 2.77. The van der Waals surface area contributed by atoms with Gasteiger partial charge in [-0.3, -0.25) is 9.69 Å². The second-order valence-corrected chi connectivity index (χ2v) is 4.07. The zero-order valence-corrected chi connectivity index (χ0v) is 9.43. The Morgan fingerprint density at radius 1 is 1.62 bits per heavy atom. The third-order valence-corrected chi connectivity index (χ3v) is 2.76. The minimum Gasteiger partial charge on any atom is -0.480 e. The maximum absolute atomic E-state index is 10.8. The molecule has 0 fully saturated rings. The molecule has 0 aliphatic rings. The fourth-order valence-corrected chi connectivity index (χ4v) is 1.71. The molecule has 0 aromatic heterocycles. The van der Waals surface area contributed by atoms with Crippen molar-refractivity contribution in [3.8, 4) is 0 Å². The van der Waals surface area contributed by atoms with Gasteiger partial charge in [-0.2, -0.15) is 11.8 Å². The van der Waals surface area contributed by atoms with Crippen LogP contribution < -0.4 is 0 Å². The first-order valence-corrected chi connectivity index (χ1v) is 5.94. The summed E-state index contributed by atoms with van der Waals surface area (Å²) in [5.41, 5.74) is 0. The summed E-state index contributed by atoms with van der Waals surface area (Å²) in [5.74, 6) is 0.384. The van der Waals surface area contributed by atoms with Gasteiger partial charge in [0.05, 0.1) is 0 Å². The quantitative estimate of drug-likeness (QED) is 0.640. The molecular weight excluding hydrogens is 186 g/mol. The van der Waals surface area contributed by atoms with Crippen LogP contribution in [0.25, 0.3) is 0 Å². The first kappa shape index (κ1) is 12.8. The van der Waals surface area contributed by atoms with E-state index in [0.29, 0.717) is 6.42 Å². The van der Waals surface area contributed by atoms with Crippen molar-refractivity contribution in [3.63, 3.8) is 0 Å². The van der Waals surface area contributed by atoms with E-state index in [1.807, 2.05) is 18.9 Å². The van der Waals surface area contributed by atoms with E-state index in [2.05, 4.69) is 6.26 Å². The van der Waals surface area contributed by atoms with E-state index in [9.17, 15) is 4.79 Å². The normalized spacial score (nSPS) is 13.2. The Balaban J connectivity index is 3.77. The van der Waals surface area contributed by atoms with E-state index in [1.165, 1.54) is 0 Å². The summed E-state index contributed by atoms with van der Waals surface area (Å²) in [5, 5.41) is 8.85. The third kappa shape index (κ3) is 5.16. The lowest BCUT2D eigenvalue weighted by Crippen LogP contribution is -2.38. The molecule has 0 aliphatic heterocycles. The number of hydrogen-bond acceptors (Lipinski definition) is 3.